The quantitative estimate of drug-likeness (QED) is 0.827. The largest absolute Gasteiger partial charge is 0.492 e. The van der Waals surface area contributed by atoms with Gasteiger partial charge in [0.05, 0.1) is 22.2 Å². The van der Waals surface area contributed by atoms with Crippen molar-refractivity contribution in [3.63, 3.8) is 0 Å². The van der Waals surface area contributed by atoms with Crippen LogP contribution >= 0.6 is 23.2 Å². The first kappa shape index (κ1) is 15.5. The lowest BCUT2D eigenvalue weighted by Crippen LogP contribution is -2.12. The van der Waals surface area contributed by atoms with Gasteiger partial charge in [0.2, 0.25) is 0 Å². The van der Waals surface area contributed by atoms with Gasteiger partial charge in [-0.15, -0.1) is 0 Å². The van der Waals surface area contributed by atoms with Crippen molar-refractivity contribution in [2.24, 2.45) is 0 Å². The zero-order valence-electron chi connectivity index (χ0n) is 11.3. The molecule has 2 aromatic rings. The zero-order valence-corrected chi connectivity index (χ0v) is 12.8. The molecule has 0 aliphatic carbocycles. The van der Waals surface area contributed by atoms with Crippen molar-refractivity contribution in [1.29, 1.82) is 0 Å². The van der Waals surface area contributed by atoms with Gasteiger partial charge in [-0.05, 0) is 43.3 Å². The molecule has 110 valence electrons. The van der Waals surface area contributed by atoms with Gasteiger partial charge in [-0.25, -0.2) is 0 Å². The summed E-state index contributed by atoms with van der Waals surface area (Å²) in [7, 11) is 0. The van der Waals surface area contributed by atoms with Gasteiger partial charge in [-0.3, -0.25) is 4.79 Å². The highest BCUT2D eigenvalue weighted by Crippen LogP contribution is 2.28. The van der Waals surface area contributed by atoms with Crippen LogP contribution < -0.4 is 15.8 Å². The highest BCUT2D eigenvalue weighted by molar-refractivity contribution is 6.35. The summed E-state index contributed by atoms with van der Waals surface area (Å²) in [4.78, 5) is 12.2. The van der Waals surface area contributed by atoms with Gasteiger partial charge in [0.15, 0.2) is 0 Å². The van der Waals surface area contributed by atoms with E-state index in [0.29, 0.717) is 39.3 Å². The van der Waals surface area contributed by atoms with Crippen molar-refractivity contribution in [1.82, 2.24) is 0 Å². The van der Waals surface area contributed by atoms with Crippen molar-refractivity contribution in [2.75, 3.05) is 17.7 Å². The normalized spacial score (nSPS) is 10.2. The molecule has 2 rings (SSSR count). The average Bonchev–Trinajstić information content (AvgIpc) is 2.41. The van der Waals surface area contributed by atoms with E-state index in [1.165, 1.54) is 6.07 Å². The number of nitrogens with two attached hydrogens (primary N) is 1. The predicted octanol–water partition coefficient (Wildman–Crippen LogP) is 4.23. The fourth-order valence-electron chi connectivity index (χ4n) is 1.77. The number of carbonyl (C=O) groups excluding carboxylic acids is 1. The molecule has 3 N–H and O–H groups in total. The maximum atomic E-state index is 12.2. The van der Waals surface area contributed by atoms with E-state index in [9.17, 15) is 4.79 Å². The Labute approximate surface area is 132 Å². The molecule has 21 heavy (non-hydrogen) atoms. The zero-order chi connectivity index (χ0) is 15.4. The van der Waals surface area contributed by atoms with E-state index >= 15 is 0 Å². The molecule has 0 spiro atoms. The number of nitrogen functional groups attached to an aromatic ring is 1. The summed E-state index contributed by atoms with van der Waals surface area (Å²) in [6.45, 7) is 2.39. The first-order valence-electron chi connectivity index (χ1n) is 6.30. The van der Waals surface area contributed by atoms with E-state index in [4.69, 9.17) is 33.7 Å². The molecule has 0 bridgehead atoms. The Bertz CT molecular complexity index is 675. The van der Waals surface area contributed by atoms with Gasteiger partial charge in [0.25, 0.3) is 5.91 Å². The number of benzene rings is 2. The highest BCUT2D eigenvalue weighted by Gasteiger charge is 2.12. The fourth-order valence-corrected chi connectivity index (χ4v) is 2.27. The molecule has 0 aliphatic rings. The van der Waals surface area contributed by atoms with E-state index < -0.39 is 0 Å². The van der Waals surface area contributed by atoms with Gasteiger partial charge >= 0.3 is 0 Å². The Morgan fingerprint density at radius 3 is 2.57 bits per heavy atom. The number of halogens is 2. The van der Waals surface area contributed by atoms with Crippen LogP contribution in [-0.2, 0) is 0 Å². The van der Waals surface area contributed by atoms with Gasteiger partial charge < -0.3 is 15.8 Å². The molecular weight excluding hydrogens is 311 g/mol. The average molecular weight is 325 g/mol. The third kappa shape index (κ3) is 3.80. The van der Waals surface area contributed by atoms with Crippen LogP contribution in [0.1, 0.15) is 17.3 Å². The van der Waals surface area contributed by atoms with E-state index in [1.807, 2.05) is 6.92 Å². The Morgan fingerprint density at radius 1 is 1.19 bits per heavy atom. The van der Waals surface area contributed by atoms with E-state index in [2.05, 4.69) is 5.32 Å². The van der Waals surface area contributed by atoms with Crippen molar-refractivity contribution in [3.05, 3.63) is 52.0 Å². The van der Waals surface area contributed by atoms with E-state index in [1.54, 1.807) is 30.3 Å². The molecule has 0 saturated carbocycles. The Hall–Kier alpha value is -1.91. The number of rotatable bonds is 4. The highest BCUT2D eigenvalue weighted by atomic mass is 35.5. The summed E-state index contributed by atoms with van der Waals surface area (Å²) >= 11 is 12.1. The Kier molecular flexibility index (Phi) is 4.94. The monoisotopic (exact) mass is 324 g/mol. The first-order valence-corrected chi connectivity index (χ1v) is 7.05. The van der Waals surface area contributed by atoms with Crippen molar-refractivity contribution >= 4 is 40.5 Å². The molecule has 0 heterocycles. The lowest BCUT2D eigenvalue weighted by Gasteiger charge is -2.10. The molecule has 0 fully saturated rings. The standard InChI is InChI=1S/C15H14Cl2N2O2/c1-2-21-14-6-4-10(8-13(14)17)19-15(20)11-5-3-9(18)7-12(11)16/h3-8H,2,18H2,1H3,(H,19,20). The van der Waals surface area contributed by atoms with Crippen molar-refractivity contribution < 1.29 is 9.53 Å². The third-order valence-corrected chi connectivity index (χ3v) is 3.34. The molecule has 2 aromatic carbocycles. The second kappa shape index (κ2) is 6.70. The molecule has 6 heteroatoms. The molecule has 0 saturated heterocycles. The molecule has 0 aromatic heterocycles. The van der Waals surface area contributed by atoms with Crippen molar-refractivity contribution in [2.45, 2.75) is 6.92 Å². The number of hydrogen-bond donors (Lipinski definition) is 2. The lowest BCUT2D eigenvalue weighted by atomic mass is 10.2. The number of nitrogens with one attached hydrogen (secondary N) is 1. The van der Waals surface area contributed by atoms with Crippen LogP contribution in [0.15, 0.2) is 36.4 Å². The van der Waals surface area contributed by atoms with Crippen LogP contribution in [-0.4, -0.2) is 12.5 Å². The van der Waals surface area contributed by atoms with Crippen LogP contribution in [0.3, 0.4) is 0 Å². The smallest absolute Gasteiger partial charge is 0.257 e. The summed E-state index contributed by atoms with van der Waals surface area (Å²) in [6.07, 6.45) is 0. The molecular formula is C15H14Cl2N2O2. The van der Waals surface area contributed by atoms with Crippen LogP contribution in [0.25, 0.3) is 0 Å². The van der Waals surface area contributed by atoms with Gasteiger partial charge in [-0.2, -0.15) is 0 Å². The Morgan fingerprint density at radius 2 is 1.95 bits per heavy atom. The maximum absolute atomic E-state index is 12.2. The summed E-state index contributed by atoms with van der Waals surface area (Å²) in [6, 6.07) is 9.75. The van der Waals surface area contributed by atoms with Gasteiger partial charge in [0.1, 0.15) is 5.75 Å². The molecule has 1 amide bonds. The number of anilines is 2. The summed E-state index contributed by atoms with van der Waals surface area (Å²) in [5.74, 6) is 0.239. The maximum Gasteiger partial charge on any atom is 0.257 e. The molecule has 0 atom stereocenters. The van der Waals surface area contributed by atoms with Crippen molar-refractivity contribution in [3.8, 4) is 5.75 Å². The second-order valence-corrected chi connectivity index (χ2v) is 5.09. The minimum Gasteiger partial charge on any atom is -0.492 e. The number of carbonyl (C=O) groups is 1. The fraction of sp³-hybridized carbons (Fsp3) is 0.133. The summed E-state index contributed by atoms with van der Waals surface area (Å²) in [5.41, 5.74) is 7.00. The second-order valence-electron chi connectivity index (χ2n) is 4.27. The molecule has 0 radical (unpaired) electrons. The van der Waals surface area contributed by atoms with Gasteiger partial charge in [-0.1, -0.05) is 23.2 Å². The summed E-state index contributed by atoms with van der Waals surface area (Å²) < 4.78 is 5.33. The lowest BCUT2D eigenvalue weighted by molar-refractivity contribution is 0.102. The minimum absolute atomic E-state index is 0.296. The van der Waals surface area contributed by atoms with Crippen LogP contribution in [0, 0.1) is 0 Å². The van der Waals surface area contributed by atoms with Crippen LogP contribution in [0.2, 0.25) is 10.0 Å². The first-order chi connectivity index (χ1) is 10.0. The van der Waals surface area contributed by atoms with E-state index in [0.717, 1.165) is 0 Å². The van der Waals surface area contributed by atoms with Crippen LogP contribution in [0.5, 0.6) is 5.75 Å². The number of amides is 1. The summed E-state index contributed by atoms with van der Waals surface area (Å²) in [5, 5.41) is 3.45. The number of ether oxygens (including phenoxy) is 1. The topological polar surface area (TPSA) is 64.3 Å². The third-order valence-electron chi connectivity index (χ3n) is 2.73. The number of hydrogen-bond acceptors (Lipinski definition) is 3. The van der Waals surface area contributed by atoms with Crippen LogP contribution in [0.4, 0.5) is 11.4 Å². The predicted molar refractivity (Wildman–Crippen MR) is 86.4 cm³/mol. The molecule has 0 aliphatic heterocycles. The van der Waals surface area contributed by atoms with E-state index in [-0.39, 0.29) is 5.91 Å². The van der Waals surface area contributed by atoms with Gasteiger partial charge in [0, 0.05) is 11.4 Å². The SMILES string of the molecule is CCOc1ccc(NC(=O)c2ccc(N)cc2Cl)cc1Cl. The molecule has 4 nitrogen and oxygen atoms in total. The molecule has 0 unspecified atom stereocenters. The minimum atomic E-state index is -0.333. The Balaban J connectivity index is 2.17.